The largest absolute Gasteiger partial charge is 0.356 e. The number of halogens is 1. The highest BCUT2D eigenvalue weighted by Gasteiger charge is 2.10. The first kappa shape index (κ1) is 25.0. The summed E-state index contributed by atoms with van der Waals surface area (Å²) >= 11 is 1.88. The third-order valence-electron chi connectivity index (χ3n) is 4.01. The molecule has 1 unspecified atom stereocenters. The third-order valence-corrected chi connectivity index (χ3v) is 4.70. The van der Waals surface area contributed by atoms with E-state index in [1.54, 1.807) is 7.05 Å². The maximum atomic E-state index is 12.0. The van der Waals surface area contributed by atoms with Crippen molar-refractivity contribution in [3.63, 3.8) is 0 Å². The Bertz CT molecular complexity index is 554. The van der Waals surface area contributed by atoms with Gasteiger partial charge < -0.3 is 16.0 Å². The summed E-state index contributed by atoms with van der Waals surface area (Å²) in [5.41, 5.74) is 1.94. The zero-order chi connectivity index (χ0) is 18.5. The van der Waals surface area contributed by atoms with Crippen LogP contribution in [0.25, 0.3) is 0 Å². The van der Waals surface area contributed by atoms with E-state index in [0.29, 0.717) is 6.54 Å². The summed E-state index contributed by atoms with van der Waals surface area (Å²) in [5.74, 6) is 2.09. The van der Waals surface area contributed by atoms with E-state index in [9.17, 15) is 4.79 Å². The van der Waals surface area contributed by atoms with Crippen LogP contribution in [-0.4, -0.2) is 37.5 Å². The molecule has 1 atom stereocenters. The molecular weight excluding hydrogens is 459 g/mol. The number of hydrogen-bond donors (Lipinski definition) is 3. The molecule has 1 aromatic rings. The smallest absolute Gasteiger partial charge is 0.227 e. The topological polar surface area (TPSA) is 65.5 Å². The lowest BCUT2D eigenvalue weighted by atomic mass is 10.1. The van der Waals surface area contributed by atoms with Crippen molar-refractivity contribution in [1.29, 1.82) is 0 Å². The standard InChI is InChI=1S/C19H32N4OS.HI/c1-5-15(2)18(24)23-17-10-8-9-16(13-17)14-22-19(20-3)21-11-6-7-12-25-4;/h8-10,13,15H,5-7,11-12,14H2,1-4H3,(H,23,24)(H2,20,21,22);1H. The van der Waals surface area contributed by atoms with Crippen molar-refractivity contribution >= 4 is 53.3 Å². The lowest BCUT2D eigenvalue weighted by Crippen LogP contribution is -2.37. The quantitative estimate of drug-likeness (QED) is 0.199. The number of benzene rings is 1. The highest BCUT2D eigenvalue weighted by Crippen LogP contribution is 2.13. The molecule has 1 amide bonds. The molecule has 5 nitrogen and oxygen atoms in total. The van der Waals surface area contributed by atoms with Gasteiger partial charge in [-0.25, -0.2) is 0 Å². The number of thioether (sulfide) groups is 1. The lowest BCUT2D eigenvalue weighted by Gasteiger charge is -2.13. The number of aliphatic imine (C=N–C) groups is 1. The van der Waals surface area contributed by atoms with Crippen molar-refractivity contribution in [2.45, 2.75) is 39.7 Å². The van der Waals surface area contributed by atoms with E-state index in [4.69, 9.17) is 0 Å². The first-order chi connectivity index (χ1) is 12.1. The Balaban J connectivity index is 0.00000625. The maximum absolute atomic E-state index is 12.0. The van der Waals surface area contributed by atoms with Gasteiger partial charge in [-0.05, 0) is 49.0 Å². The number of amides is 1. The van der Waals surface area contributed by atoms with E-state index in [1.165, 1.54) is 12.2 Å². The van der Waals surface area contributed by atoms with Crippen LogP contribution in [0.3, 0.4) is 0 Å². The first-order valence-electron chi connectivity index (χ1n) is 8.94. The predicted octanol–water partition coefficient (Wildman–Crippen LogP) is 4.10. The average Bonchev–Trinajstić information content (AvgIpc) is 2.63. The van der Waals surface area contributed by atoms with Crippen molar-refractivity contribution < 1.29 is 4.79 Å². The molecule has 0 radical (unpaired) electrons. The molecule has 0 aliphatic rings. The van der Waals surface area contributed by atoms with Crippen molar-refractivity contribution in [2.24, 2.45) is 10.9 Å². The summed E-state index contributed by atoms with van der Waals surface area (Å²) in [4.78, 5) is 16.2. The molecule has 26 heavy (non-hydrogen) atoms. The van der Waals surface area contributed by atoms with Gasteiger partial charge in [-0.2, -0.15) is 11.8 Å². The zero-order valence-corrected chi connectivity index (χ0v) is 19.4. The van der Waals surface area contributed by atoms with E-state index >= 15 is 0 Å². The van der Waals surface area contributed by atoms with Crippen molar-refractivity contribution in [1.82, 2.24) is 10.6 Å². The van der Waals surface area contributed by atoms with Crippen LogP contribution < -0.4 is 16.0 Å². The monoisotopic (exact) mass is 492 g/mol. The summed E-state index contributed by atoms with van der Waals surface area (Å²) in [6.45, 7) is 5.54. The molecule has 0 saturated carbocycles. The Morgan fingerprint density at radius 2 is 2.04 bits per heavy atom. The van der Waals surface area contributed by atoms with Crippen molar-refractivity contribution in [3.05, 3.63) is 29.8 Å². The highest BCUT2D eigenvalue weighted by atomic mass is 127. The Hall–Kier alpha value is -0.960. The van der Waals surface area contributed by atoms with Crippen LogP contribution in [0.15, 0.2) is 29.3 Å². The molecule has 0 aliphatic heterocycles. The van der Waals surface area contributed by atoms with Gasteiger partial charge in [0.2, 0.25) is 5.91 Å². The fourth-order valence-corrected chi connectivity index (χ4v) is 2.69. The SMILES string of the molecule is CCC(C)C(=O)Nc1cccc(CNC(=NC)NCCCCSC)c1.I. The normalized spacial score (nSPS) is 12.1. The summed E-state index contributed by atoms with van der Waals surface area (Å²) < 4.78 is 0. The number of guanidine groups is 1. The Kier molecular flexibility index (Phi) is 14.6. The summed E-state index contributed by atoms with van der Waals surface area (Å²) in [6, 6.07) is 7.92. The number of nitrogens with zero attached hydrogens (tertiary/aromatic N) is 1. The molecule has 0 fully saturated rings. The van der Waals surface area contributed by atoms with E-state index in [1.807, 2.05) is 49.9 Å². The minimum Gasteiger partial charge on any atom is -0.356 e. The number of hydrogen-bond acceptors (Lipinski definition) is 3. The zero-order valence-electron chi connectivity index (χ0n) is 16.3. The van der Waals surface area contributed by atoms with Crippen LogP contribution in [0.1, 0.15) is 38.7 Å². The van der Waals surface area contributed by atoms with Crippen molar-refractivity contribution in [3.8, 4) is 0 Å². The van der Waals surface area contributed by atoms with Crippen LogP contribution in [-0.2, 0) is 11.3 Å². The van der Waals surface area contributed by atoms with E-state index in [0.717, 1.165) is 36.6 Å². The molecule has 1 rings (SSSR count). The fourth-order valence-electron chi connectivity index (χ4n) is 2.19. The summed E-state index contributed by atoms with van der Waals surface area (Å²) in [7, 11) is 1.78. The second-order valence-corrected chi connectivity index (χ2v) is 7.04. The van der Waals surface area contributed by atoms with Gasteiger partial charge in [0.05, 0.1) is 0 Å². The Morgan fingerprint density at radius 3 is 2.69 bits per heavy atom. The molecule has 148 valence electrons. The fraction of sp³-hybridized carbons (Fsp3) is 0.579. The summed E-state index contributed by atoms with van der Waals surface area (Å²) in [6.07, 6.45) is 5.32. The van der Waals surface area contributed by atoms with Crippen LogP contribution in [0, 0.1) is 5.92 Å². The molecule has 1 aromatic carbocycles. The first-order valence-corrected chi connectivity index (χ1v) is 10.3. The second kappa shape index (κ2) is 15.1. The van der Waals surface area contributed by atoms with Gasteiger partial charge in [-0.3, -0.25) is 9.79 Å². The Labute approximate surface area is 179 Å². The summed E-state index contributed by atoms with van der Waals surface area (Å²) in [5, 5.41) is 9.61. The minimum atomic E-state index is 0. The van der Waals surface area contributed by atoms with Crippen LogP contribution >= 0.6 is 35.7 Å². The predicted molar refractivity (Wildman–Crippen MR) is 126 cm³/mol. The molecule has 7 heteroatoms. The number of nitrogens with one attached hydrogen (secondary N) is 3. The molecule has 0 bridgehead atoms. The molecule has 3 N–H and O–H groups in total. The number of carbonyl (C=O) groups excluding carboxylic acids is 1. The van der Waals surface area contributed by atoms with Gasteiger partial charge in [0.25, 0.3) is 0 Å². The third kappa shape index (κ3) is 10.3. The van der Waals surface area contributed by atoms with Gasteiger partial charge in [0.1, 0.15) is 0 Å². The molecule has 0 aliphatic carbocycles. The van der Waals surface area contributed by atoms with Crippen LogP contribution in [0.5, 0.6) is 0 Å². The number of carbonyl (C=O) groups is 1. The van der Waals surface area contributed by atoms with Crippen molar-refractivity contribution in [2.75, 3.05) is 30.9 Å². The number of anilines is 1. The number of unbranched alkanes of at least 4 members (excludes halogenated alkanes) is 1. The average molecular weight is 492 g/mol. The van der Waals surface area contributed by atoms with E-state index in [-0.39, 0.29) is 35.8 Å². The van der Waals surface area contributed by atoms with Gasteiger partial charge in [-0.1, -0.05) is 26.0 Å². The maximum Gasteiger partial charge on any atom is 0.227 e. The number of rotatable bonds is 10. The molecule has 0 aromatic heterocycles. The molecule has 0 saturated heterocycles. The van der Waals surface area contributed by atoms with Gasteiger partial charge in [-0.15, -0.1) is 24.0 Å². The Morgan fingerprint density at radius 1 is 1.27 bits per heavy atom. The minimum absolute atomic E-state index is 0. The highest BCUT2D eigenvalue weighted by molar-refractivity contribution is 14.0. The molecular formula is C19H33IN4OS. The lowest BCUT2D eigenvalue weighted by molar-refractivity contribution is -0.119. The van der Waals surface area contributed by atoms with E-state index in [2.05, 4.69) is 27.2 Å². The van der Waals surface area contributed by atoms with Gasteiger partial charge >= 0.3 is 0 Å². The second-order valence-electron chi connectivity index (χ2n) is 6.05. The van der Waals surface area contributed by atoms with Crippen LogP contribution in [0.2, 0.25) is 0 Å². The van der Waals surface area contributed by atoms with Gasteiger partial charge in [0.15, 0.2) is 5.96 Å². The van der Waals surface area contributed by atoms with Crippen LogP contribution in [0.4, 0.5) is 5.69 Å². The van der Waals surface area contributed by atoms with Gasteiger partial charge in [0, 0.05) is 31.7 Å². The van der Waals surface area contributed by atoms with E-state index < -0.39 is 0 Å². The molecule has 0 heterocycles. The molecule has 0 spiro atoms.